The summed E-state index contributed by atoms with van der Waals surface area (Å²) in [6, 6.07) is 7.89. The van der Waals surface area contributed by atoms with E-state index in [-0.39, 0.29) is 18.2 Å². The van der Waals surface area contributed by atoms with Gasteiger partial charge in [-0.25, -0.2) is 4.79 Å². The molecule has 0 aliphatic carbocycles. The van der Waals surface area contributed by atoms with Crippen molar-refractivity contribution in [1.82, 2.24) is 10.2 Å². The van der Waals surface area contributed by atoms with E-state index in [0.29, 0.717) is 6.54 Å². The number of anilines is 1. The second kappa shape index (κ2) is 7.41. The number of carbonyl (C=O) groups is 1. The van der Waals surface area contributed by atoms with Crippen LogP contribution >= 0.6 is 11.6 Å². The maximum absolute atomic E-state index is 12.4. The second-order valence-electron chi connectivity index (χ2n) is 6.43. The minimum Gasteiger partial charge on any atom is -0.391 e. The fourth-order valence-electron chi connectivity index (χ4n) is 3.43. The molecule has 2 unspecified atom stereocenters. The Bertz CT molecular complexity index is 554. The van der Waals surface area contributed by atoms with E-state index in [4.69, 9.17) is 11.6 Å². The van der Waals surface area contributed by atoms with Gasteiger partial charge in [0.05, 0.1) is 16.8 Å². The number of hydrogen-bond acceptors (Lipinski definition) is 3. The topological polar surface area (TPSA) is 55.8 Å². The molecule has 2 saturated heterocycles. The van der Waals surface area contributed by atoms with Gasteiger partial charge in [-0.15, -0.1) is 0 Å². The summed E-state index contributed by atoms with van der Waals surface area (Å²) in [6.45, 7) is 2.89. The number of piperidine rings is 2. The summed E-state index contributed by atoms with van der Waals surface area (Å²) in [7, 11) is 0. The highest BCUT2D eigenvalue weighted by molar-refractivity contribution is 6.33. The zero-order valence-corrected chi connectivity index (χ0v) is 14.0. The normalized spacial score (nSPS) is 25.3. The second-order valence-corrected chi connectivity index (χ2v) is 6.84. The molecule has 0 bridgehead atoms. The van der Waals surface area contributed by atoms with Gasteiger partial charge in [-0.2, -0.15) is 0 Å². The highest BCUT2D eigenvalue weighted by atomic mass is 35.5. The molecule has 2 amide bonds. The molecule has 3 rings (SSSR count). The smallest absolute Gasteiger partial charge is 0.317 e. The van der Waals surface area contributed by atoms with Gasteiger partial charge in [-0.3, -0.25) is 0 Å². The first-order valence-electron chi connectivity index (χ1n) is 8.36. The highest BCUT2D eigenvalue weighted by Crippen LogP contribution is 2.27. The van der Waals surface area contributed by atoms with Gasteiger partial charge in [0.25, 0.3) is 0 Å². The molecule has 0 radical (unpaired) electrons. The molecule has 126 valence electrons. The van der Waals surface area contributed by atoms with Gasteiger partial charge in [0.15, 0.2) is 0 Å². The average Bonchev–Trinajstić information content (AvgIpc) is 2.55. The minimum absolute atomic E-state index is 0.0604. The summed E-state index contributed by atoms with van der Waals surface area (Å²) in [5, 5.41) is 13.6. The number of rotatable bonds is 2. The first-order chi connectivity index (χ1) is 11.1. The monoisotopic (exact) mass is 337 g/mol. The number of aliphatic hydroxyl groups is 1. The molecule has 2 aliphatic heterocycles. The molecule has 2 N–H and O–H groups in total. The van der Waals surface area contributed by atoms with Crippen molar-refractivity contribution >= 4 is 23.3 Å². The number of aliphatic hydroxyl groups excluding tert-OH is 1. The molecule has 2 heterocycles. The first-order valence-corrected chi connectivity index (χ1v) is 8.74. The van der Waals surface area contributed by atoms with Crippen LogP contribution in [0.25, 0.3) is 0 Å². The van der Waals surface area contributed by atoms with E-state index in [1.54, 1.807) is 4.90 Å². The number of urea groups is 1. The van der Waals surface area contributed by atoms with Crippen LogP contribution in [0.5, 0.6) is 0 Å². The third kappa shape index (κ3) is 4.09. The number of amides is 2. The molecular formula is C17H24ClN3O2. The summed E-state index contributed by atoms with van der Waals surface area (Å²) in [5.74, 6) is 0. The Morgan fingerprint density at radius 3 is 2.74 bits per heavy atom. The number of carbonyl (C=O) groups excluding carboxylic acids is 1. The Morgan fingerprint density at radius 2 is 1.96 bits per heavy atom. The lowest BCUT2D eigenvalue weighted by Crippen LogP contribution is -2.54. The predicted octanol–water partition coefficient (Wildman–Crippen LogP) is 2.48. The van der Waals surface area contributed by atoms with Crippen LogP contribution in [-0.4, -0.2) is 54.4 Å². The van der Waals surface area contributed by atoms with E-state index in [1.165, 1.54) is 0 Å². The van der Waals surface area contributed by atoms with Crippen molar-refractivity contribution in [3.05, 3.63) is 29.3 Å². The molecule has 5 nitrogen and oxygen atoms in total. The molecule has 23 heavy (non-hydrogen) atoms. The number of benzene rings is 1. The lowest BCUT2D eigenvalue weighted by atomic mass is 10.0. The first kappa shape index (κ1) is 16.4. The van der Waals surface area contributed by atoms with E-state index in [2.05, 4.69) is 10.2 Å². The Kier molecular flexibility index (Phi) is 5.28. The summed E-state index contributed by atoms with van der Waals surface area (Å²) < 4.78 is 0. The van der Waals surface area contributed by atoms with Gasteiger partial charge in [0, 0.05) is 32.2 Å². The number of halogens is 1. The molecule has 2 aliphatic rings. The summed E-state index contributed by atoms with van der Waals surface area (Å²) in [4.78, 5) is 16.3. The van der Waals surface area contributed by atoms with E-state index in [9.17, 15) is 9.90 Å². The number of likely N-dealkylation sites (tertiary alicyclic amines) is 1. The molecule has 0 saturated carbocycles. The molecule has 1 aromatic rings. The van der Waals surface area contributed by atoms with Crippen molar-refractivity contribution in [3.63, 3.8) is 0 Å². The van der Waals surface area contributed by atoms with Crippen LogP contribution in [0.1, 0.15) is 25.7 Å². The summed E-state index contributed by atoms with van der Waals surface area (Å²) >= 11 is 6.28. The van der Waals surface area contributed by atoms with Crippen LogP contribution in [0, 0.1) is 0 Å². The highest BCUT2D eigenvalue weighted by Gasteiger charge is 2.27. The van der Waals surface area contributed by atoms with Crippen LogP contribution in [0.15, 0.2) is 24.3 Å². The number of para-hydroxylation sites is 1. The molecule has 0 spiro atoms. The van der Waals surface area contributed by atoms with Crippen molar-refractivity contribution in [1.29, 1.82) is 0 Å². The standard InChI is InChI=1S/C17H24ClN3O2/c18-15-7-1-2-8-16(15)20-9-3-5-13(11-20)19-17(23)21-10-4-6-14(22)12-21/h1-2,7-8,13-14,22H,3-6,9-12H2,(H,19,23). The zero-order valence-electron chi connectivity index (χ0n) is 13.2. The molecule has 2 atom stereocenters. The van der Waals surface area contributed by atoms with Crippen molar-refractivity contribution in [2.24, 2.45) is 0 Å². The fraction of sp³-hybridized carbons (Fsp3) is 0.588. The van der Waals surface area contributed by atoms with Crippen LogP contribution in [0.2, 0.25) is 5.02 Å². The van der Waals surface area contributed by atoms with E-state index in [0.717, 1.165) is 56.0 Å². The fourth-order valence-corrected chi connectivity index (χ4v) is 3.68. The number of nitrogens with zero attached hydrogens (tertiary/aromatic N) is 2. The van der Waals surface area contributed by atoms with Crippen molar-refractivity contribution in [2.75, 3.05) is 31.1 Å². The summed E-state index contributed by atoms with van der Waals surface area (Å²) in [6.07, 6.45) is 3.26. The Balaban J connectivity index is 1.58. The predicted molar refractivity (Wildman–Crippen MR) is 92.0 cm³/mol. The Hall–Kier alpha value is -1.46. The van der Waals surface area contributed by atoms with Crippen LogP contribution in [-0.2, 0) is 0 Å². The van der Waals surface area contributed by atoms with E-state index in [1.807, 2.05) is 24.3 Å². The van der Waals surface area contributed by atoms with Gasteiger partial charge >= 0.3 is 6.03 Å². The third-order valence-electron chi connectivity index (χ3n) is 4.63. The Morgan fingerprint density at radius 1 is 1.17 bits per heavy atom. The Labute approximate surface area is 142 Å². The number of β-amino-alcohol motifs (C(OH)–C–C–N with tert-alkyl or cyclic N) is 1. The van der Waals surface area contributed by atoms with E-state index >= 15 is 0 Å². The quantitative estimate of drug-likeness (QED) is 0.871. The van der Waals surface area contributed by atoms with Crippen LogP contribution in [0.4, 0.5) is 10.5 Å². The molecule has 0 aromatic heterocycles. The minimum atomic E-state index is -0.388. The van der Waals surface area contributed by atoms with Gasteiger partial charge < -0.3 is 20.2 Å². The maximum Gasteiger partial charge on any atom is 0.317 e. The van der Waals surface area contributed by atoms with Gasteiger partial charge in [-0.1, -0.05) is 23.7 Å². The van der Waals surface area contributed by atoms with Gasteiger partial charge in [0.2, 0.25) is 0 Å². The average molecular weight is 338 g/mol. The molecular weight excluding hydrogens is 314 g/mol. The number of nitrogens with one attached hydrogen (secondary N) is 1. The van der Waals surface area contributed by atoms with E-state index < -0.39 is 0 Å². The van der Waals surface area contributed by atoms with Crippen molar-refractivity contribution in [2.45, 2.75) is 37.8 Å². The maximum atomic E-state index is 12.4. The molecule has 6 heteroatoms. The lowest BCUT2D eigenvalue weighted by molar-refractivity contribution is 0.0831. The third-order valence-corrected chi connectivity index (χ3v) is 4.95. The molecule has 1 aromatic carbocycles. The summed E-state index contributed by atoms with van der Waals surface area (Å²) in [5.41, 5.74) is 1.03. The van der Waals surface area contributed by atoms with Gasteiger partial charge in [0.1, 0.15) is 0 Å². The van der Waals surface area contributed by atoms with Crippen molar-refractivity contribution in [3.8, 4) is 0 Å². The van der Waals surface area contributed by atoms with Crippen LogP contribution in [0.3, 0.4) is 0 Å². The lowest BCUT2D eigenvalue weighted by Gasteiger charge is -2.37. The van der Waals surface area contributed by atoms with Gasteiger partial charge in [-0.05, 0) is 37.8 Å². The SMILES string of the molecule is O=C(NC1CCCN(c2ccccc2Cl)C1)N1CCCC(O)C1. The largest absolute Gasteiger partial charge is 0.391 e. The zero-order chi connectivity index (χ0) is 16.2. The molecule has 2 fully saturated rings. The number of hydrogen-bond donors (Lipinski definition) is 2. The van der Waals surface area contributed by atoms with Crippen molar-refractivity contribution < 1.29 is 9.90 Å². The van der Waals surface area contributed by atoms with Crippen LogP contribution < -0.4 is 10.2 Å².